The van der Waals surface area contributed by atoms with Gasteiger partial charge in [0.05, 0.1) is 20.3 Å². The van der Waals surface area contributed by atoms with Crippen molar-refractivity contribution in [1.29, 1.82) is 0 Å². The van der Waals surface area contributed by atoms with E-state index in [4.69, 9.17) is 9.47 Å². The molecule has 0 saturated heterocycles. The lowest BCUT2D eigenvalue weighted by atomic mass is 10.2. The van der Waals surface area contributed by atoms with E-state index in [0.29, 0.717) is 34.2 Å². The summed E-state index contributed by atoms with van der Waals surface area (Å²) in [4.78, 5) is 12.7. The SMILES string of the molecule is CCOc1ccc(NC(=O)c2sccc2OC)cc1CO. The van der Waals surface area contributed by atoms with Gasteiger partial charge in [-0.05, 0) is 36.6 Å². The molecule has 0 unspecified atom stereocenters. The number of thiophene rings is 1. The predicted molar refractivity (Wildman–Crippen MR) is 82.4 cm³/mol. The number of amides is 1. The summed E-state index contributed by atoms with van der Waals surface area (Å²) in [5.74, 6) is 0.924. The summed E-state index contributed by atoms with van der Waals surface area (Å²) >= 11 is 1.31. The second-order valence-electron chi connectivity index (χ2n) is 4.19. The molecule has 2 rings (SSSR count). The number of aliphatic hydroxyl groups excluding tert-OH is 1. The average molecular weight is 307 g/mol. The number of carbonyl (C=O) groups is 1. The van der Waals surface area contributed by atoms with Crippen LogP contribution in [0.1, 0.15) is 22.2 Å². The molecule has 0 atom stereocenters. The third kappa shape index (κ3) is 3.53. The van der Waals surface area contributed by atoms with Gasteiger partial charge in [0.2, 0.25) is 0 Å². The van der Waals surface area contributed by atoms with E-state index in [2.05, 4.69) is 5.32 Å². The zero-order chi connectivity index (χ0) is 15.2. The number of methoxy groups -OCH3 is 1. The Bertz CT molecular complexity index is 624. The van der Waals surface area contributed by atoms with Crippen molar-refractivity contribution in [2.75, 3.05) is 19.0 Å². The highest BCUT2D eigenvalue weighted by molar-refractivity contribution is 7.12. The molecule has 1 aromatic carbocycles. The molecule has 2 N–H and O–H groups in total. The zero-order valence-corrected chi connectivity index (χ0v) is 12.7. The maximum atomic E-state index is 12.2. The highest BCUT2D eigenvalue weighted by atomic mass is 32.1. The van der Waals surface area contributed by atoms with Gasteiger partial charge in [-0.1, -0.05) is 0 Å². The van der Waals surface area contributed by atoms with Gasteiger partial charge in [-0.3, -0.25) is 4.79 Å². The largest absolute Gasteiger partial charge is 0.495 e. The first kappa shape index (κ1) is 15.3. The molecule has 0 radical (unpaired) electrons. The monoisotopic (exact) mass is 307 g/mol. The van der Waals surface area contributed by atoms with Crippen LogP contribution in [0.5, 0.6) is 11.5 Å². The molecule has 6 heteroatoms. The fourth-order valence-electron chi connectivity index (χ4n) is 1.89. The van der Waals surface area contributed by atoms with Gasteiger partial charge in [-0.15, -0.1) is 11.3 Å². The number of rotatable bonds is 6. The third-order valence-electron chi connectivity index (χ3n) is 2.84. The minimum atomic E-state index is -0.241. The van der Waals surface area contributed by atoms with Crippen LogP contribution in [0.3, 0.4) is 0 Å². The Kier molecular flexibility index (Phi) is 5.19. The van der Waals surface area contributed by atoms with Gasteiger partial charge in [0, 0.05) is 11.3 Å². The summed E-state index contributed by atoms with van der Waals surface area (Å²) in [5, 5.41) is 13.9. The van der Waals surface area contributed by atoms with Gasteiger partial charge in [0.25, 0.3) is 5.91 Å². The lowest BCUT2D eigenvalue weighted by molar-refractivity contribution is 0.102. The normalized spacial score (nSPS) is 10.2. The molecule has 112 valence electrons. The van der Waals surface area contributed by atoms with Crippen LogP contribution in [0.25, 0.3) is 0 Å². The molecule has 0 saturated carbocycles. The quantitative estimate of drug-likeness (QED) is 0.861. The maximum Gasteiger partial charge on any atom is 0.269 e. The molecule has 0 aliphatic heterocycles. The molecule has 0 bridgehead atoms. The minimum absolute atomic E-state index is 0.151. The van der Waals surface area contributed by atoms with Gasteiger partial charge in [0.15, 0.2) is 0 Å². The van der Waals surface area contributed by atoms with Crippen LogP contribution in [-0.4, -0.2) is 24.7 Å². The molecule has 0 spiro atoms. The number of ether oxygens (including phenoxy) is 2. The predicted octanol–water partition coefficient (Wildman–Crippen LogP) is 2.90. The zero-order valence-electron chi connectivity index (χ0n) is 11.9. The van der Waals surface area contributed by atoms with Gasteiger partial charge >= 0.3 is 0 Å². The average Bonchev–Trinajstić information content (AvgIpc) is 2.97. The number of aliphatic hydroxyl groups is 1. The van der Waals surface area contributed by atoms with E-state index in [1.807, 2.05) is 6.92 Å². The molecular formula is C15H17NO4S. The van der Waals surface area contributed by atoms with Crippen molar-refractivity contribution in [2.45, 2.75) is 13.5 Å². The van der Waals surface area contributed by atoms with Crippen LogP contribution in [0.2, 0.25) is 0 Å². The number of hydrogen-bond acceptors (Lipinski definition) is 5. The molecular weight excluding hydrogens is 290 g/mol. The smallest absolute Gasteiger partial charge is 0.269 e. The van der Waals surface area contributed by atoms with Crippen molar-refractivity contribution in [3.8, 4) is 11.5 Å². The van der Waals surface area contributed by atoms with Crippen LogP contribution in [0.4, 0.5) is 5.69 Å². The summed E-state index contributed by atoms with van der Waals surface area (Å²) < 4.78 is 10.5. The highest BCUT2D eigenvalue weighted by Gasteiger charge is 2.14. The summed E-state index contributed by atoms with van der Waals surface area (Å²) in [6.07, 6.45) is 0. The lowest BCUT2D eigenvalue weighted by Crippen LogP contribution is -2.11. The summed E-state index contributed by atoms with van der Waals surface area (Å²) in [7, 11) is 1.53. The van der Waals surface area contributed by atoms with Crippen LogP contribution in [0, 0.1) is 0 Å². The standard InChI is InChI=1S/C15H17NO4S/c1-3-20-12-5-4-11(8-10(12)9-17)16-15(18)14-13(19-2)6-7-21-14/h4-8,17H,3,9H2,1-2H3,(H,16,18). The van der Waals surface area contributed by atoms with Gasteiger partial charge in [-0.2, -0.15) is 0 Å². The second-order valence-corrected chi connectivity index (χ2v) is 5.10. The Hall–Kier alpha value is -2.05. The third-order valence-corrected chi connectivity index (χ3v) is 3.74. The number of hydrogen-bond donors (Lipinski definition) is 2. The fraction of sp³-hybridized carbons (Fsp3) is 0.267. The van der Waals surface area contributed by atoms with E-state index in [1.54, 1.807) is 29.6 Å². The number of anilines is 1. The maximum absolute atomic E-state index is 12.2. The lowest BCUT2D eigenvalue weighted by Gasteiger charge is -2.11. The Balaban J connectivity index is 2.18. The van der Waals surface area contributed by atoms with Crippen LogP contribution in [-0.2, 0) is 6.61 Å². The molecule has 1 heterocycles. The van der Waals surface area contributed by atoms with Gasteiger partial charge < -0.3 is 19.9 Å². The number of nitrogens with one attached hydrogen (secondary N) is 1. The molecule has 5 nitrogen and oxygen atoms in total. The summed E-state index contributed by atoms with van der Waals surface area (Å²) in [6.45, 7) is 2.24. The molecule has 1 aromatic heterocycles. The Morgan fingerprint density at radius 1 is 1.33 bits per heavy atom. The summed E-state index contributed by atoms with van der Waals surface area (Å²) in [5.41, 5.74) is 1.23. The highest BCUT2D eigenvalue weighted by Crippen LogP contribution is 2.27. The van der Waals surface area contributed by atoms with Crippen LogP contribution < -0.4 is 14.8 Å². The van der Waals surface area contributed by atoms with Crippen molar-refractivity contribution >= 4 is 22.9 Å². The van der Waals surface area contributed by atoms with Crippen LogP contribution >= 0.6 is 11.3 Å². The van der Waals surface area contributed by atoms with Crippen molar-refractivity contribution in [2.24, 2.45) is 0 Å². The molecule has 0 fully saturated rings. The van der Waals surface area contributed by atoms with E-state index < -0.39 is 0 Å². The molecule has 21 heavy (non-hydrogen) atoms. The number of carbonyl (C=O) groups excluding carboxylic acids is 1. The van der Waals surface area contributed by atoms with E-state index in [0.717, 1.165) is 0 Å². The van der Waals surface area contributed by atoms with Gasteiger partial charge in [-0.25, -0.2) is 0 Å². The second kappa shape index (κ2) is 7.10. The molecule has 2 aromatic rings. The summed E-state index contributed by atoms with van der Waals surface area (Å²) in [6, 6.07) is 6.92. The topological polar surface area (TPSA) is 67.8 Å². The Morgan fingerprint density at radius 3 is 2.81 bits per heavy atom. The first-order chi connectivity index (χ1) is 10.2. The van der Waals surface area contributed by atoms with Gasteiger partial charge in [0.1, 0.15) is 16.4 Å². The van der Waals surface area contributed by atoms with E-state index in [9.17, 15) is 9.90 Å². The van der Waals surface area contributed by atoms with Crippen molar-refractivity contribution < 1.29 is 19.4 Å². The minimum Gasteiger partial charge on any atom is -0.495 e. The molecule has 0 aliphatic carbocycles. The fourth-order valence-corrected chi connectivity index (χ4v) is 2.64. The number of benzene rings is 1. The van der Waals surface area contributed by atoms with E-state index >= 15 is 0 Å². The Labute approximate surface area is 127 Å². The first-order valence-electron chi connectivity index (χ1n) is 6.49. The molecule has 1 amide bonds. The van der Waals surface area contributed by atoms with E-state index in [-0.39, 0.29) is 12.5 Å². The van der Waals surface area contributed by atoms with Crippen molar-refractivity contribution in [3.63, 3.8) is 0 Å². The first-order valence-corrected chi connectivity index (χ1v) is 7.37. The van der Waals surface area contributed by atoms with Crippen molar-refractivity contribution in [3.05, 3.63) is 40.1 Å². The van der Waals surface area contributed by atoms with Crippen LogP contribution in [0.15, 0.2) is 29.6 Å². The van der Waals surface area contributed by atoms with E-state index in [1.165, 1.54) is 18.4 Å². The molecule has 0 aliphatic rings. The Morgan fingerprint density at radius 2 is 2.14 bits per heavy atom. The van der Waals surface area contributed by atoms with Crippen molar-refractivity contribution in [1.82, 2.24) is 0 Å².